The van der Waals surface area contributed by atoms with Crippen molar-refractivity contribution in [1.29, 1.82) is 0 Å². The average Bonchev–Trinajstić information content (AvgIpc) is 2.35. The van der Waals surface area contributed by atoms with E-state index in [-0.39, 0.29) is 5.78 Å². The molecule has 0 bridgehead atoms. The number of carbonyl (C=O) groups is 1. The molecular formula is C13H20N2O2. The lowest BCUT2D eigenvalue weighted by Crippen LogP contribution is -2.27. The highest BCUT2D eigenvalue weighted by molar-refractivity contribution is 5.92. The predicted octanol–water partition coefficient (Wildman–Crippen LogP) is 2.15. The summed E-state index contributed by atoms with van der Waals surface area (Å²) in [6, 6.07) is 3.69. The number of pyridine rings is 1. The third kappa shape index (κ3) is 4.15. The number of rotatable bonds is 7. The third-order valence-electron chi connectivity index (χ3n) is 2.57. The van der Waals surface area contributed by atoms with E-state index in [1.54, 1.807) is 12.3 Å². The van der Waals surface area contributed by atoms with Crippen LogP contribution in [-0.4, -0.2) is 37.1 Å². The highest BCUT2D eigenvalue weighted by Gasteiger charge is 2.06. The molecule has 0 amide bonds. The molecule has 1 rings (SSSR count). The number of ketones is 1. The maximum absolute atomic E-state index is 11.1. The molecule has 0 aromatic carbocycles. The van der Waals surface area contributed by atoms with Crippen molar-refractivity contribution in [2.75, 3.05) is 31.2 Å². The summed E-state index contributed by atoms with van der Waals surface area (Å²) < 4.78 is 5.33. The third-order valence-corrected chi connectivity index (χ3v) is 2.57. The Bertz CT molecular complexity index is 349. The number of anilines is 1. The van der Waals surface area contributed by atoms with Gasteiger partial charge in [0.1, 0.15) is 5.69 Å². The molecule has 0 aliphatic carbocycles. The van der Waals surface area contributed by atoms with Crippen molar-refractivity contribution in [3.05, 3.63) is 24.0 Å². The zero-order valence-corrected chi connectivity index (χ0v) is 10.8. The molecule has 0 aliphatic rings. The van der Waals surface area contributed by atoms with Gasteiger partial charge >= 0.3 is 0 Å². The highest BCUT2D eigenvalue weighted by atomic mass is 16.5. The van der Waals surface area contributed by atoms with Gasteiger partial charge < -0.3 is 9.64 Å². The van der Waals surface area contributed by atoms with Crippen LogP contribution < -0.4 is 4.90 Å². The van der Waals surface area contributed by atoms with Gasteiger partial charge in [0.25, 0.3) is 0 Å². The van der Waals surface area contributed by atoms with E-state index in [2.05, 4.69) is 16.8 Å². The molecule has 94 valence electrons. The second kappa shape index (κ2) is 7.01. The molecule has 4 nitrogen and oxygen atoms in total. The topological polar surface area (TPSA) is 42.4 Å². The molecule has 1 heterocycles. The summed E-state index contributed by atoms with van der Waals surface area (Å²) in [7, 11) is 0. The van der Waals surface area contributed by atoms with E-state index in [1.165, 1.54) is 6.92 Å². The summed E-state index contributed by atoms with van der Waals surface area (Å²) in [4.78, 5) is 17.4. The van der Waals surface area contributed by atoms with Crippen molar-refractivity contribution in [1.82, 2.24) is 4.98 Å². The van der Waals surface area contributed by atoms with Crippen LogP contribution in [0.4, 0.5) is 5.69 Å². The van der Waals surface area contributed by atoms with Crippen molar-refractivity contribution in [3.63, 3.8) is 0 Å². The van der Waals surface area contributed by atoms with Gasteiger partial charge in [-0.05, 0) is 26.0 Å². The van der Waals surface area contributed by atoms with Gasteiger partial charge in [-0.2, -0.15) is 0 Å². The number of carbonyl (C=O) groups excluding carboxylic acids is 1. The lowest BCUT2D eigenvalue weighted by Gasteiger charge is -2.22. The van der Waals surface area contributed by atoms with E-state index in [4.69, 9.17) is 4.74 Å². The largest absolute Gasteiger partial charge is 0.380 e. The van der Waals surface area contributed by atoms with E-state index < -0.39 is 0 Å². The van der Waals surface area contributed by atoms with Crippen LogP contribution in [-0.2, 0) is 4.74 Å². The Morgan fingerprint density at radius 2 is 2.18 bits per heavy atom. The number of hydrogen-bond donors (Lipinski definition) is 0. The first-order valence-electron chi connectivity index (χ1n) is 5.98. The van der Waals surface area contributed by atoms with Crippen LogP contribution in [0.25, 0.3) is 0 Å². The van der Waals surface area contributed by atoms with E-state index in [9.17, 15) is 4.79 Å². The van der Waals surface area contributed by atoms with Gasteiger partial charge in [0.15, 0.2) is 5.78 Å². The van der Waals surface area contributed by atoms with Crippen molar-refractivity contribution in [2.45, 2.75) is 20.8 Å². The molecule has 0 atom stereocenters. The van der Waals surface area contributed by atoms with Gasteiger partial charge in [0.2, 0.25) is 0 Å². The molecule has 0 unspecified atom stereocenters. The Morgan fingerprint density at radius 1 is 1.41 bits per heavy atom. The van der Waals surface area contributed by atoms with E-state index in [0.717, 1.165) is 25.4 Å². The Kier molecular flexibility index (Phi) is 5.63. The predicted molar refractivity (Wildman–Crippen MR) is 68.6 cm³/mol. The Hall–Kier alpha value is -1.42. The smallest absolute Gasteiger partial charge is 0.178 e. The number of Topliss-reactive ketones (excluding diaryl/α,β-unsaturated/α-hetero) is 1. The lowest BCUT2D eigenvalue weighted by atomic mass is 10.2. The van der Waals surface area contributed by atoms with Gasteiger partial charge in [-0.3, -0.25) is 9.78 Å². The van der Waals surface area contributed by atoms with Crippen LogP contribution in [0.3, 0.4) is 0 Å². The first-order chi connectivity index (χ1) is 8.19. The number of likely N-dealkylation sites (N-methyl/N-ethyl adjacent to an activating group) is 1. The van der Waals surface area contributed by atoms with Crippen molar-refractivity contribution in [3.8, 4) is 0 Å². The van der Waals surface area contributed by atoms with Crippen LogP contribution in [0.15, 0.2) is 18.3 Å². The first-order valence-corrected chi connectivity index (χ1v) is 5.98. The quantitative estimate of drug-likeness (QED) is 0.537. The molecule has 0 spiro atoms. The van der Waals surface area contributed by atoms with Crippen molar-refractivity contribution >= 4 is 11.5 Å². The fourth-order valence-corrected chi connectivity index (χ4v) is 1.57. The number of nitrogens with zero attached hydrogens (tertiary/aromatic N) is 2. The second-order valence-corrected chi connectivity index (χ2v) is 3.73. The van der Waals surface area contributed by atoms with Crippen LogP contribution in [0.2, 0.25) is 0 Å². The highest BCUT2D eigenvalue weighted by Crippen LogP contribution is 2.12. The Morgan fingerprint density at radius 3 is 2.65 bits per heavy atom. The summed E-state index contributed by atoms with van der Waals surface area (Å²) in [5.74, 6) is -0.00563. The fraction of sp³-hybridized carbons (Fsp3) is 0.538. The van der Waals surface area contributed by atoms with Gasteiger partial charge in [-0.15, -0.1) is 0 Å². The van der Waals surface area contributed by atoms with Crippen molar-refractivity contribution < 1.29 is 9.53 Å². The van der Waals surface area contributed by atoms with E-state index in [1.807, 2.05) is 13.0 Å². The first kappa shape index (κ1) is 13.6. The second-order valence-electron chi connectivity index (χ2n) is 3.73. The van der Waals surface area contributed by atoms with Gasteiger partial charge in [-0.25, -0.2) is 0 Å². The zero-order valence-electron chi connectivity index (χ0n) is 10.8. The summed E-state index contributed by atoms with van der Waals surface area (Å²) >= 11 is 0. The molecular weight excluding hydrogens is 216 g/mol. The summed E-state index contributed by atoms with van der Waals surface area (Å²) in [6.07, 6.45) is 1.74. The van der Waals surface area contributed by atoms with Crippen LogP contribution in [0.1, 0.15) is 31.3 Å². The van der Waals surface area contributed by atoms with Gasteiger partial charge in [0.05, 0.1) is 18.5 Å². The Labute approximate surface area is 103 Å². The minimum atomic E-state index is -0.00563. The minimum absolute atomic E-state index is 0.00563. The monoisotopic (exact) mass is 236 g/mol. The standard InChI is InChI=1S/C13H20N2O2/c1-4-15(8-9-17-5-2)12-6-7-13(11(3)16)14-10-12/h6-7,10H,4-5,8-9H2,1-3H3. The molecule has 0 saturated carbocycles. The van der Waals surface area contributed by atoms with Crippen LogP contribution in [0, 0.1) is 0 Å². The number of ether oxygens (including phenoxy) is 1. The zero-order chi connectivity index (χ0) is 12.7. The summed E-state index contributed by atoms with van der Waals surface area (Å²) in [5.41, 5.74) is 1.53. The normalized spacial score (nSPS) is 10.3. The van der Waals surface area contributed by atoms with Gasteiger partial charge in [0, 0.05) is 26.6 Å². The van der Waals surface area contributed by atoms with Crippen LogP contribution >= 0.6 is 0 Å². The SMILES string of the molecule is CCOCCN(CC)c1ccc(C(C)=O)nc1. The van der Waals surface area contributed by atoms with Crippen molar-refractivity contribution in [2.24, 2.45) is 0 Å². The fourth-order valence-electron chi connectivity index (χ4n) is 1.57. The van der Waals surface area contributed by atoms with Crippen LogP contribution in [0.5, 0.6) is 0 Å². The molecule has 0 radical (unpaired) electrons. The maximum atomic E-state index is 11.1. The molecule has 1 aromatic heterocycles. The molecule has 0 N–H and O–H groups in total. The molecule has 1 aromatic rings. The Balaban J connectivity index is 2.65. The molecule has 17 heavy (non-hydrogen) atoms. The average molecular weight is 236 g/mol. The van der Waals surface area contributed by atoms with Gasteiger partial charge in [-0.1, -0.05) is 0 Å². The summed E-state index contributed by atoms with van der Waals surface area (Å²) in [5, 5.41) is 0. The number of aromatic nitrogens is 1. The maximum Gasteiger partial charge on any atom is 0.178 e. The minimum Gasteiger partial charge on any atom is -0.380 e. The molecule has 0 fully saturated rings. The molecule has 0 aliphatic heterocycles. The number of hydrogen-bond acceptors (Lipinski definition) is 4. The summed E-state index contributed by atoms with van der Waals surface area (Å²) in [6.45, 7) is 8.77. The lowest BCUT2D eigenvalue weighted by molar-refractivity contribution is 0.101. The molecule has 4 heteroatoms. The van der Waals surface area contributed by atoms with E-state index >= 15 is 0 Å². The van der Waals surface area contributed by atoms with E-state index in [0.29, 0.717) is 12.3 Å². The molecule has 0 saturated heterocycles.